The first-order chi connectivity index (χ1) is 12.6. The summed E-state index contributed by atoms with van der Waals surface area (Å²) in [7, 11) is -3.94. The van der Waals surface area contributed by atoms with Gasteiger partial charge in [-0.1, -0.05) is 13.0 Å². The van der Waals surface area contributed by atoms with Gasteiger partial charge >= 0.3 is 0 Å². The zero-order chi connectivity index (χ0) is 19.8. The van der Waals surface area contributed by atoms with Crippen LogP contribution in [0.25, 0.3) is 0 Å². The Morgan fingerprint density at radius 2 is 1.93 bits per heavy atom. The number of benzene rings is 2. The number of hydrogen-bond acceptors (Lipinski definition) is 4. The Kier molecular flexibility index (Phi) is 5.05. The average molecular weight is 395 g/mol. The summed E-state index contributed by atoms with van der Waals surface area (Å²) in [4.78, 5) is 11.9. The van der Waals surface area contributed by atoms with Crippen LogP contribution in [-0.2, 0) is 14.6 Å². The van der Waals surface area contributed by atoms with Gasteiger partial charge in [0.1, 0.15) is 10.7 Å². The quantitative estimate of drug-likeness (QED) is 0.843. The number of carbonyl (C=O) groups is 1. The monoisotopic (exact) mass is 395 g/mol. The number of carbonyl (C=O) groups excluding carboxylic acids is 1. The Morgan fingerprint density at radius 3 is 2.52 bits per heavy atom. The first-order valence-corrected chi connectivity index (χ1v) is 9.93. The molecule has 0 radical (unpaired) electrons. The molecule has 1 fully saturated rings. The largest absolute Gasteiger partial charge is 0.380 e. The van der Waals surface area contributed by atoms with E-state index in [1.807, 2.05) is 0 Å². The second-order valence-electron chi connectivity index (χ2n) is 7.10. The number of hydrogen-bond donors (Lipinski definition) is 1. The lowest BCUT2D eigenvalue weighted by molar-refractivity contribution is -0.0870. The summed E-state index contributed by atoms with van der Waals surface area (Å²) < 4.78 is 58.4. The lowest BCUT2D eigenvalue weighted by Gasteiger charge is -2.37. The fourth-order valence-electron chi connectivity index (χ4n) is 2.92. The van der Waals surface area contributed by atoms with Crippen LogP contribution in [-0.4, -0.2) is 33.3 Å². The first-order valence-electron chi connectivity index (χ1n) is 8.28. The molecule has 0 aliphatic carbocycles. The van der Waals surface area contributed by atoms with Gasteiger partial charge in [0.15, 0.2) is 15.7 Å². The van der Waals surface area contributed by atoms with E-state index in [2.05, 4.69) is 5.32 Å². The Bertz CT molecular complexity index is 1000. The highest BCUT2D eigenvalue weighted by molar-refractivity contribution is 7.91. The number of sulfone groups is 1. The second kappa shape index (κ2) is 7.01. The average Bonchev–Trinajstić information content (AvgIpc) is 2.56. The van der Waals surface area contributed by atoms with Crippen LogP contribution in [0, 0.1) is 24.0 Å². The molecule has 0 aromatic heterocycles. The maximum atomic E-state index is 14.8. The van der Waals surface area contributed by atoms with Crippen LogP contribution >= 0.6 is 0 Å². The molecule has 0 atom stereocenters. The second-order valence-corrected chi connectivity index (χ2v) is 9.06. The molecule has 0 spiro atoms. The zero-order valence-electron chi connectivity index (χ0n) is 14.9. The molecule has 144 valence electrons. The highest BCUT2D eigenvalue weighted by Gasteiger charge is 2.39. The van der Waals surface area contributed by atoms with Gasteiger partial charge in [0.2, 0.25) is 0 Å². The normalized spacial score (nSPS) is 15.9. The smallest absolute Gasteiger partial charge is 0.258 e. The fraction of sp³-hybridized carbons (Fsp3) is 0.316. The Hall–Kier alpha value is -2.32. The molecule has 2 aromatic carbocycles. The predicted molar refractivity (Wildman–Crippen MR) is 96.5 cm³/mol. The van der Waals surface area contributed by atoms with Crippen LogP contribution in [0.1, 0.15) is 22.8 Å². The summed E-state index contributed by atoms with van der Waals surface area (Å²) in [5, 5.41) is 2.46. The van der Waals surface area contributed by atoms with E-state index in [-0.39, 0.29) is 24.7 Å². The van der Waals surface area contributed by atoms with Crippen molar-refractivity contribution in [1.29, 1.82) is 0 Å². The standard InChI is InChI=1S/C19H19F2NO4S/c1-12-8-13(6-7-15(12)20)22-18(23)14-4-3-5-16(17(14)21)27(24,25)11-19(2)9-26-10-19/h3-8H,9-11H2,1-2H3,(H,22,23). The van der Waals surface area contributed by atoms with E-state index in [0.29, 0.717) is 5.56 Å². The number of rotatable bonds is 5. The van der Waals surface area contributed by atoms with Crippen molar-refractivity contribution in [2.75, 3.05) is 24.3 Å². The Labute approximate surface area is 156 Å². The molecule has 2 aromatic rings. The highest BCUT2D eigenvalue weighted by Crippen LogP contribution is 2.32. The number of nitrogens with one attached hydrogen (secondary N) is 1. The van der Waals surface area contributed by atoms with Gasteiger partial charge in [0, 0.05) is 11.1 Å². The molecule has 27 heavy (non-hydrogen) atoms. The number of anilines is 1. The number of aryl methyl sites for hydroxylation is 1. The van der Waals surface area contributed by atoms with Gasteiger partial charge in [-0.05, 0) is 42.8 Å². The molecule has 0 bridgehead atoms. The van der Waals surface area contributed by atoms with E-state index in [1.54, 1.807) is 6.92 Å². The molecule has 1 aliphatic heterocycles. The van der Waals surface area contributed by atoms with Crippen molar-refractivity contribution < 1.29 is 26.7 Å². The summed E-state index contributed by atoms with van der Waals surface area (Å²) in [6.07, 6.45) is 0. The van der Waals surface area contributed by atoms with Crippen LogP contribution in [0.4, 0.5) is 14.5 Å². The maximum absolute atomic E-state index is 14.8. The van der Waals surface area contributed by atoms with E-state index in [0.717, 1.165) is 6.07 Å². The summed E-state index contributed by atoms with van der Waals surface area (Å²) in [6.45, 7) is 3.86. The number of amides is 1. The van der Waals surface area contributed by atoms with Crippen molar-refractivity contribution in [2.45, 2.75) is 18.7 Å². The third-order valence-corrected chi connectivity index (χ3v) is 6.46. The SMILES string of the molecule is Cc1cc(NC(=O)c2cccc(S(=O)(=O)CC3(C)COC3)c2F)ccc1F. The maximum Gasteiger partial charge on any atom is 0.258 e. The molecule has 1 saturated heterocycles. The third kappa shape index (κ3) is 4.01. The molecule has 1 heterocycles. The minimum atomic E-state index is -3.94. The van der Waals surface area contributed by atoms with Gasteiger partial charge in [-0.3, -0.25) is 4.79 Å². The molecule has 1 N–H and O–H groups in total. The molecule has 3 rings (SSSR count). The summed E-state index contributed by atoms with van der Waals surface area (Å²) >= 11 is 0. The predicted octanol–water partition coefficient (Wildman–Crippen LogP) is 3.34. The van der Waals surface area contributed by atoms with Gasteiger partial charge in [-0.25, -0.2) is 17.2 Å². The summed E-state index contributed by atoms with van der Waals surface area (Å²) in [6, 6.07) is 7.60. The molecular weight excluding hydrogens is 376 g/mol. The van der Waals surface area contributed by atoms with E-state index in [4.69, 9.17) is 4.74 Å². The summed E-state index contributed by atoms with van der Waals surface area (Å²) in [5.74, 6) is -2.61. The Balaban J connectivity index is 1.87. The van der Waals surface area contributed by atoms with Crippen molar-refractivity contribution in [3.63, 3.8) is 0 Å². The van der Waals surface area contributed by atoms with E-state index >= 15 is 0 Å². The van der Waals surface area contributed by atoms with Crippen LogP contribution in [0.15, 0.2) is 41.3 Å². The Morgan fingerprint density at radius 1 is 1.22 bits per heavy atom. The fourth-order valence-corrected chi connectivity index (χ4v) is 4.83. The molecule has 8 heteroatoms. The zero-order valence-corrected chi connectivity index (χ0v) is 15.7. The van der Waals surface area contributed by atoms with Crippen LogP contribution in [0.2, 0.25) is 0 Å². The molecule has 1 amide bonds. The minimum Gasteiger partial charge on any atom is -0.380 e. The van der Waals surface area contributed by atoms with Gasteiger partial charge in [0.25, 0.3) is 5.91 Å². The third-order valence-electron chi connectivity index (χ3n) is 4.40. The van der Waals surface area contributed by atoms with Crippen LogP contribution in [0.3, 0.4) is 0 Å². The lowest BCUT2D eigenvalue weighted by Crippen LogP contribution is -2.45. The topological polar surface area (TPSA) is 72.5 Å². The van der Waals surface area contributed by atoms with E-state index in [9.17, 15) is 22.0 Å². The lowest BCUT2D eigenvalue weighted by atomic mass is 9.92. The van der Waals surface area contributed by atoms with Crippen molar-refractivity contribution in [1.82, 2.24) is 0 Å². The van der Waals surface area contributed by atoms with Crippen molar-refractivity contribution in [3.8, 4) is 0 Å². The van der Waals surface area contributed by atoms with E-state index in [1.165, 1.54) is 37.3 Å². The number of ether oxygens (including phenoxy) is 1. The highest BCUT2D eigenvalue weighted by atomic mass is 32.2. The van der Waals surface area contributed by atoms with Crippen molar-refractivity contribution in [2.24, 2.45) is 5.41 Å². The molecule has 0 unspecified atom stereocenters. The van der Waals surface area contributed by atoms with Gasteiger partial charge in [-0.2, -0.15) is 0 Å². The molecular formula is C19H19F2NO4S. The van der Waals surface area contributed by atoms with Crippen LogP contribution < -0.4 is 5.32 Å². The van der Waals surface area contributed by atoms with Gasteiger partial charge in [-0.15, -0.1) is 0 Å². The van der Waals surface area contributed by atoms with Crippen molar-refractivity contribution in [3.05, 3.63) is 59.2 Å². The van der Waals surface area contributed by atoms with E-state index < -0.39 is 43.3 Å². The van der Waals surface area contributed by atoms with Crippen molar-refractivity contribution >= 4 is 21.4 Å². The number of halogens is 2. The van der Waals surface area contributed by atoms with Crippen LogP contribution in [0.5, 0.6) is 0 Å². The summed E-state index contributed by atoms with van der Waals surface area (Å²) in [5.41, 5.74) is -0.353. The van der Waals surface area contributed by atoms with Gasteiger partial charge < -0.3 is 10.1 Å². The molecule has 1 aliphatic rings. The van der Waals surface area contributed by atoms with Gasteiger partial charge in [0.05, 0.1) is 24.5 Å². The molecule has 5 nitrogen and oxygen atoms in total. The molecule has 0 saturated carbocycles. The first kappa shape index (κ1) is 19.4. The minimum absolute atomic E-state index is 0.265.